The lowest BCUT2D eigenvalue weighted by molar-refractivity contribution is -0.133. The molecule has 0 bridgehead atoms. The van der Waals surface area contributed by atoms with Crippen molar-refractivity contribution in [1.29, 1.82) is 0 Å². The zero-order valence-corrected chi connectivity index (χ0v) is 29.2. The van der Waals surface area contributed by atoms with Crippen molar-refractivity contribution in [1.82, 2.24) is 0 Å². The number of rotatable bonds is 13. The Kier molecular flexibility index (Phi) is 44.0. The van der Waals surface area contributed by atoms with Crippen molar-refractivity contribution >= 4 is 29.8 Å². The normalized spacial score (nSPS) is 9.19. The quantitative estimate of drug-likeness (QED) is 0.122. The highest BCUT2D eigenvalue weighted by Gasteiger charge is 2.25. The minimum Gasteiger partial charge on any atom is -0.478 e. The third kappa shape index (κ3) is 43.9. The van der Waals surface area contributed by atoms with Gasteiger partial charge >= 0.3 is 29.8 Å². The van der Waals surface area contributed by atoms with E-state index in [1.165, 1.54) is 34.6 Å². The van der Waals surface area contributed by atoms with Gasteiger partial charge in [0.2, 0.25) is 0 Å². The first-order valence-electron chi connectivity index (χ1n) is 13.8. The number of carbonyl (C=O) groups is 5. The van der Waals surface area contributed by atoms with Crippen LogP contribution >= 0.6 is 0 Å². The first-order chi connectivity index (χ1) is 21.7. The summed E-state index contributed by atoms with van der Waals surface area (Å²) in [6, 6.07) is 0. The van der Waals surface area contributed by atoms with E-state index < -0.39 is 40.7 Å². The summed E-state index contributed by atoms with van der Waals surface area (Å²) in [5, 5.41) is 91.4. The number of aliphatic hydroxyl groups is 6. The van der Waals surface area contributed by atoms with Gasteiger partial charge in [-0.2, -0.15) is 0 Å². The topological polar surface area (TPSA) is 308 Å². The highest BCUT2D eigenvalue weighted by Crippen LogP contribution is 2.18. The van der Waals surface area contributed by atoms with Gasteiger partial charge in [0.15, 0.2) is 0 Å². The molecule has 0 aliphatic carbocycles. The van der Waals surface area contributed by atoms with Crippen LogP contribution in [0.15, 0.2) is 60.8 Å². The van der Waals surface area contributed by atoms with Gasteiger partial charge in [0.05, 0.1) is 39.6 Å². The monoisotopic (exact) mass is 698 g/mol. The molecule has 0 aliphatic heterocycles. The van der Waals surface area contributed by atoms with Gasteiger partial charge in [-0.3, -0.25) is 0 Å². The zero-order chi connectivity index (χ0) is 40.4. The zero-order valence-electron chi connectivity index (χ0n) is 29.2. The van der Waals surface area contributed by atoms with Crippen molar-refractivity contribution in [3.8, 4) is 0 Å². The van der Waals surface area contributed by atoms with Gasteiger partial charge in [0.1, 0.15) is 0 Å². The van der Waals surface area contributed by atoms with Crippen molar-refractivity contribution in [2.45, 2.75) is 61.3 Å². The largest absolute Gasteiger partial charge is 0.478 e. The maximum Gasteiger partial charge on any atom is 0.330 e. The van der Waals surface area contributed by atoms with E-state index in [9.17, 15) is 24.0 Å². The first-order valence-corrected chi connectivity index (χ1v) is 13.8. The molecule has 16 heteroatoms. The van der Waals surface area contributed by atoms with Crippen LogP contribution in [0.25, 0.3) is 0 Å². The molecule has 0 aromatic carbocycles. The van der Waals surface area contributed by atoms with Gasteiger partial charge in [0.25, 0.3) is 0 Å². The summed E-state index contributed by atoms with van der Waals surface area (Å²) < 4.78 is 0. The predicted octanol–water partition coefficient (Wildman–Crippen LogP) is 1.95. The Balaban J connectivity index is -0.0000000825. The van der Waals surface area contributed by atoms with Crippen molar-refractivity contribution in [3.05, 3.63) is 60.8 Å². The van der Waals surface area contributed by atoms with Gasteiger partial charge in [-0.25, -0.2) is 24.0 Å². The van der Waals surface area contributed by atoms with Gasteiger partial charge in [0, 0.05) is 38.7 Å². The summed E-state index contributed by atoms with van der Waals surface area (Å²) in [7, 11) is 0. The van der Waals surface area contributed by atoms with Crippen molar-refractivity contribution < 1.29 is 80.1 Å². The van der Waals surface area contributed by atoms with E-state index in [1.807, 2.05) is 13.8 Å². The second-order valence-corrected chi connectivity index (χ2v) is 10.1. The number of aliphatic hydroxyl groups excluding tert-OH is 6. The Bertz CT molecular complexity index is 749. The van der Waals surface area contributed by atoms with Gasteiger partial charge in [-0.05, 0) is 47.5 Å². The third-order valence-electron chi connectivity index (χ3n) is 5.34. The van der Waals surface area contributed by atoms with Crippen LogP contribution in [-0.4, -0.2) is 126 Å². The van der Waals surface area contributed by atoms with E-state index in [0.29, 0.717) is 12.8 Å². The molecular weight excluding hydrogens is 640 g/mol. The Morgan fingerprint density at radius 2 is 0.458 bits per heavy atom. The predicted molar refractivity (Wildman–Crippen MR) is 180 cm³/mol. The van der Waals surface area contributed by atoms with Crippen molar-refractivity contribution in [2.24, 2.45) is 10.8 Å². The maximum absolute atomic E-state index is 9.60. The lowest BCUT2D eigenvalue weighted by Crippen LogP contribution is -2.32. The molecule has 0 radical (unpaired) electrons. The molecule has 48 heavy (non-hydrogen) atoms. The molecule has 0 spiro atoms. The average Bonchev–Trinajstić information content (AvgIpc) is 3.01. The second-order valence-electron chi connectivity index (χ2n) is 10.1. The highest BCUT2D eigenvalue weighted by molar-refractivity contribution is 5.86. The van der Waals surface area contributed by atoms with Crippen LogP contribution in [0.1, 0.15) is 61.3 Å². The van der Waals surface area contributed by atoms with E-state index in [1.54, 1.807) is 0 Å². The molecule has 11 N–H and O–H groups in total. The fraction of sp³-hybridized carbons (Fsp3) is 0.531. The summed E-state index contributed by atoms with van der Waals surface area (Å²) >= 11 is 0. The molecule has 282 valence electrons. The molecule has 0 atom stereocenters. The number of hydrogen-bond acceptors (Lipinski definition) is 11. The molecule has 0 aromatic rings. The van der Waals surface area contributed by atoms with Crippen LogP contribution in [0.3, 0.4) is 0 Å². The number of carboxylic acid groups (broad SMARTS) is 5. The summed E-state index contributed by atoms with van der Waals surface area (Å²) in [6.07, 6.45) is 1.19. The van der Waals surface area contributed by atoms with Crippen LogP contribution < -0.4 is 0 Å². The van der Waals surface area contributed by atoms with Gasteiger partial charge in [-0.1, -0.05) is 46.7 Å². The number of aliphatic carboxylic acids is 5. The molecule has 0 aliphatic rings. The average molecular weight is 699 g/mol. The van der Waals surface area contributed by atoms with E-state index in [-0.39, 0.29) is 67.5 Å². The Hall–Kier alpha value is -4.19. The Labute approximate surface area is 282 Å². The number of hydrogen-bond donors (Lipinski definition) is 11. The minimum atomic E-state index is -0.935. The lowest BCUT2D eigenvalue weighted by Gasteiger charge is -2.24. The molecule has 0 fully saturated rings. The second kappa shape index (κ2) is 35.7. The fourth-order valence-corrected chi connectivity index (χ4v) is 0.971. The minimum absolute atomic E-state index is 0.156. The summed E-state index contributed by atoms with van der Waals surface area (Å²) in [6.45, 7) is 25.7. The summed E-state index contributed by atoms with van der Waals surface area (Å²) in [5.74, 6) is -4.68. The smallest absolute Gasteiger partial charge is 0.330 e. The van der Waals surface area contributed by atoms with E-state index >= 15 is 0 Å². The molecule has 16 nitrogen and oxygen atoms in total. The van der Waals surface area contributed by atoms with Crippen molar-refractivity contribution in [3.63, 3.8) is 0 Å². The van der Waals surface area contributed by atoms with Crippen LogP contribution in [0.2, 0.25) is 0 Å². The van der Waals surface area contributed by atoms with Crippen LogP contribution in [-0.2, 0) is 24.0 Å². The van der Waals surface area contributed by atoms with Gasteiger partial charge < -0.3 is 56.2 Å². The van der Waals surface area contributed by atoms with E-state index in [2.05, 4.69) is 32.9 Å². The SMILES string of the molecule is C=C(C)C(=O)O.C=C(C)C(=O)O.C=C(C)C(=O)O.C=C(C)C(=O)O.C=C(C)C(=O)O.CCC(CO)(CO)CO.CCC(CO)(CO)CO. The Morgan fingerprint density at radius 3 is 0.458 bits per heavy atom. The molecule has 0 rings (SSSR count). The molecule has 0 heterocycles. The van der Waals surface area contributed by atoms with Crippen LogP contribution in [0, 0.1) is 10.8 Å². The van der Waals surface area contributed by atoms with E-state index in [0.717, 1.165) is 0 Å². The maximum atomic E-state index is 9.60. The van der Waals surface area contributed by atoms with Gasteiger partial charge in [-0.15, -0.1) is 0 Å². The summed E-state index contributed by atoms with van der Waals surface area (Å²) in [4.78, 5) is 48.0. The highest BCUT2D eigenvalue weighted by atomic mass is 16.4. The molecule has 0 saturated heterocycles. The molecule has 0 aromatic heterocycles. The first kappa shape index (κ1) is 59.3. The molecule has 0 saturated carbocycles. The third-order valence-corrected chi connectivity index (χ3v) is 5.34. The van der Waals surface area contributed by atoms with Crippen molar-refractivity contribution in [2.75, 3.05) is 39.6 Å². The molecule has 0 amide bonds. The Morgan fingerprint density at radius 1 is 0.375 bits per heavy atom. The molecule has 0 unspecified atom stereocenters. The standard InChI is InChI=1S/2C6H14O3.5C4H6O2/c2*1-2-6(3-7,4-8)5-9;5*1-3(2)4(5)6/h2*7-9H,2-5H2,1H3;5*1H2,2H3,(H,5,6). The fourth-order valence-electron chi connectivity index (χ4n) is 0.971. The van der Waals surface area contributed by atoms with E-state index in [4.69, 9.17) is 56.2 Å². The summed E-state index contributed by atoms with van der Waals surface area (Å²) in [5.41, 5.74) is -0.454. The lowest BCUT2D eigenvalue weighted by atomic mass is 9.88. The number of carboxylic acids is 5. The van der Waals surface area contributed by atoms with Crippen LogP contribution in [0.4, 0.5) is 0 Å². The molecular formula is C32H58O16. The van der Waals surface area contributed by atoms with Crippen LogP contribution in [0.5, 0.6) is 0 Å².